The van der Waals surface area contributed by atoms with Gasteiger partial charge in [0.2, 0.25) is 0 Å². The number of benzene rings is 2. The number of fused-ring (bicyclic) bond motifs is 3. The van der Waals surface area contributed by atoms with E-state index in [1.807, 2.05) is 24.3 Å². The maximum Gasteiger partial charge on any atom is 0.407 e. The number of rotatable bonds is 6. The van der Waals surface area contributed by atoms with Crippen molar-refractivity contribution >= 4 is 18.0 Å². The summed E-state index contributed by atoms with van der Waals surface area (Å²) >= 11 is 0. The molecular formula is C26H28N2O7. The van der Waals surface area contributed by atoms with Gasteiger partial charge in [0.15, 0.2) is 6.10 Å². The van der Waals surface area contributed by atoms with Crippen molar-refractivity contribution in [1.82, 2.24) is 10.2 Å². The highest BCUT2D eigenvalue weighted by Gasteiger charge is 2.45. The number of amides is 2. The average Bonchev–Trinajstić information content (AvgIpc) is 3.58. The second-order valence-electron chi connectivity index (χ2n) is 9.12. The third-order valence-corrected chi connectivity index (χ3v) is 7.18. The van der Waals surface area contributed by atoms with Crippen molar-refractivity contribution < 1.29 is 33.7 Å². The van der Waals surface area contributed by atoms with Crippen LogP contribution in [0.25, 0.3) is 11.1 Å². The molecule has 2 heterocycles. The zero-order chi connectivity index (χ0) is 24.5. The van der Waals surface area contributed by atoms with Crippen molar-refractivity contribution in [3.05, 3.63) is 59.7 Å². The number of carboxylic acids is 1. The highest BCUT2D eigenvalue weighted by molar-refractivity contribution is 5.85. The van der Waals surface area contributed by atoms with Crippen LogP contribution in [0.4, 0.5) is 4.79 Å². The van der Waals surface area contributed by atoms with Crippen molar-refractivity contribution in [3.8, 4) is 11.1 Å². The molecule has 4 atom stereocenters. The standard InChI is InChI=1S/C26H28N2O7/c1-33-22-13-28(12-19(22)25(30)31)24(29)23-21(10-11-34-23)27-26(32)35-14-20-17-8-4-2-6-15(17)16-7-3-5-9-18(16)20/h2-9,19-23H,10-14H2,1H3,(H,27,32)(H,30,31)/t19?,21-,22?,23+/m0/s1. The lowest BCUT2D eigenvalue weighted by Gasteiger charge is -2.24. The van der Waals surface area contributed by atoms with Gasteiger partial charge < -0.3 is 29.5 Å². The minimum Gasteiger partial charge on any atom is -0.481 e. The number of hydrogen-bond acceptors (Lipinski definition) is 6. The third-order valence-electron chi connectivity index (χ3n) is 7.18. The van der Waals surface area contributed by atoms with Gasteiger partial charge in [0.25, 0.3) is 5.91 Å². The summed E-state index contributed by atoms with van der Waals surface area (Å²) in [6, 6.07) is 15.6. The minimum absolute atomic E-state index is 0.0458. The van der Waals surface area contributed by atoms with E-state index >= 15 is 0 Å². The molecule has 2 aromatic rings. The first-order valence-corrected chi connectivity index (χ1v) is 11.8. The highest BCUT2D eigenvalue weighted by Crippen LogP contribution is 2.44. The first kappa shape index (κ1) is 23.3. The lowest BCUT2D eigenvalue weighted by molar-refractivity contribution is -0.144. The van der Waals surface area contributed by atoms with E-state index in [1.54, 1.807) is 0 Å². The van der Waals surface area contributed by atoms with Gasteiger partial charge in [-0.3, -0.25) is 9.59 Å². The summed E-state index contributed by atoms with van der Waals surface area (Å²) in [6.45, 7) is 0.705. The molecule has 3 aliphatic rings. The third kappa shape index (κ3) is 4.37. The maximum absolute atomic E-state index is 13.1. The fraction of sp³-hybridized carbons (Fsp3) is 0.423. The molecular weight excluding hydrogens is 452 g/mol. The van der Waals surface area contributed by atoms with Crippen molar-refractivity contribution in [2.75, 3.05) is 33.4 Å². The summed E-state index contributed by atoms with van der Waals surface area (Å²) in [5, 5.41) is 12.2. The number of methoxy groups -OCH3 is 1. The van der Waals surface area contributed by atoms with Gasteiger partial charge in [0, 0.05) is 32.7 Å². The number of ether oxygens (including phenoxy) is 3. The molecule has 0 radical (unpaired) electrons. The van der Waals surface area contributed by atoms with Crippen LogP contribution in [0.3, 0.4) is 0 Å². The van der Waals surface area contributed by atoms with Gasteiger partial charge in [0.05, 0.1) is 12.1 Å². The van der Waals surface area contributed by atoms with E-state index in [4.69, 9.17) is 14.2 Å². The van der Waals surface area contributed by atoms with E-state index in [0.717, 1.165) is 22.3 Å². The molecule has 2 aromatic carbocycles. The number of carbonyl (C=O) groups excluding carboxylic acids is 2. The predicted octanol–water partition coefficient (Wildman–Crippen LogP) is 2.24. The van der Waals surface area contributed by atoms with Gasteiger partial charge in [-0.15, -0.1) is 0 Å². The number of hydrogen-bond donors (Lipinski definition) is 2. The number of nitrogens with one attached hydrogen (secondary N) is 1. The largest absolute Gasteiger partial charge is 0.481 e. The molecule has 0 aromatic heterocycles. The summed E-state index contributed by atoms with van der Waals surface area (Å²) in [4.78, 5) is 38.7. The van der Waals surface area contributed by atoms with E-state index in [-0.39, 0.29) is 31.5 Å². The smallest absolute Gasteiger partial charge is 0.407 e. The summed E-state index contributed by atoms with van der Waals surface area (Å²) in [7, 11) is 1.43. The molecule has 2 amide bonds. The Morgan fingerprint density at radius 2 is 1.71 bits per heavy atom. The normalized spacial score (nSPS) is 25.2. The van der Waals surface area contributed by atoms with Gasteiger partial charge in [-0.2, -0.15) is 0 Å². The number of likely N-dealkylation sites (tertiary alicyclic amines) is 1. The van der Waals surface area contributed by atoms with Crippen LogP contribution in [-0.4, -0.2) is 79.6 Å². The van der Waals surface area contributed by atoms with Crippen molar-refractivity contribution in [1.29, 1.82) is 0 Å². The van der Waals surface area contributed by atoms with E-state index < -0.39 is 36.2 Å². The highest BCUT2D eigenvalue weighted by atomic mass is 16.6. The van der Waals surface area contributed by atoms with Crippen LogP contribution in [0.5, 0.6) is 0 Å². The first-order valence-electron chi connectivity index (χ1n) is 11.8. The van der Waals surface area contributed by atoms with E-state index in [1.165, 1.54) is 12.0 Å². The van der Waals surface area contributed by atoms with E-state index in [2.05, 4.69) is 29.6 Å². The molecule has 2 aliphatic heterocycles. The minimum atomic E-state index is -1.01. The zero-order valence-corrected chi connectivity index (χ0v) is 19.4. The fourth-order valence-corrected chi connectivity index (χ4v) is 5.38. The van der Waals surface area contributed by atoms with Crippen molar-refractivity contribution in [2.45, 2.75) is 30.6 Å². The molecule has 5 rings (SSSR count). The van der Waals surface area contributed by atoms with Crippen LogP contribution >= 0.6 is 0 Å². The van der Waals surface area contributed by atoms with Crippen LogP contribution < -0.4 is 5.32 Å². The molecule has 0 spiro atoms. The molecule has 2 saturated heterocycles. The second-order valence-corrected chi connectivity index (χ2v) is 9.12. The summed E-state index contributed by atoms with van der Waals surface area (Å²) in [6.07, 6.45) is -1.61. The van der Waals surface area contributed by atoms with E-state index in [9.17, 15) is 19.5 Å². The number of carbonyl (C=O) groups is 3. The molecule has 9 nitrogen and oxygen atoms in total. The lowest BCUT2D eigenvalue weighted by atomic mass is 9.98. The van der Waals surface area contributed by atoms with Crippen LogP contribution in [0, 0.1) is 5.92 Å². The summed E-state index contributed by atoms with van der Waals surface area (Å²) in [5.74, 6) is -2.21. The zero-order valence-electron chi connectivity index (χ0n) is 19.4. The molecule has 2 unspecified atom stereocenters. The number of nitrogens with zero attached hydrogens (tertiary/aromatic N) is 1. The van der Waals surface area contributed by atoms with Crippen LogP contribution in [0.2, 0.25) is 0 Å². The maximum atomic E-state index is 13.1. The van der Waals surface area contributed by atoms with Crippen molar-refractivity contribution in [2.24, 2.45) is 5.92 Å². The Morgan fingerprint density at radius 3 is 2.31 bits per heavy atom. The van der Waals surface area contributed by atoms with Gasteiger partial charge >= 0.3 is 12.1 Å². The molecule has 35 heavy (non-hydrogen) atoms. The molecule has 9 heteroatoms. The number of alkyl carbamates (subject to hydrolysis) is 1. The molecule has 2 fully saturated rings. The van der Waals surface area contributed by atoms with Crippen LogP contribution in [0.15, 0.2) is 48.5 Å². The number of carboxylic acid groups (broad SMARTS) is 1. The number of aliphatic carboxylic acids is 1. The quantitative estimate of drug-likeness (QED) is 0.652. The molecule has 0 saturated carbocycles. The fourth-order valence-electron chi connectivity index (χ4n) is 5.38. The van der Waals surface area contributed by atoms with Crippen LogP contribution in [-0.2, 0) is 23.8 Å². The molecule has 184 valence electrons. The molecule has 0 bridgehead atoms. The predicted molar refractivity (Wildman–Crippen MR) is 125 cm³/mol. The average molecular weight is 481 g/mol. The van der Waals surface area contributed by atoms with Crippen molar-refractivity contribution in [3.63, 3.8) is 0 Å². The van der Waals surface area contributed by atoms with Gasteiger partial charge in [0.1, 0.15) is 12.5 Å². The Kier molecular flexibility index (Phi) is 6.44. The Bertz CT molecular complexity index is 1090. The summed E-state index contributed by atoms with van der Waals surface area (Å²) < 4.78 is 16.5. The SMILES string of the molecule is COC1CN(C(=O)[C@@H]2OCC[C@@H]2NC(=O)OCC2c3ccccc3-c3ccccc32)CC1C(=O)O. The topological polar surface area (TPSA) is 114 Å². The Morgan fingerprint density at radius 1 is 1.06 bits per heavy atom. The lowest BCUT2D eigenvalue weighted by Crippen LogP contribution is -2.49. The first-order chi connectivity index (χ1) is 17.0. The van der Waals surface area contributed by atoms with E-state index in [0.29, 0.717) is 13.0 Å². The Balaban J connectivity index is 1.21. The van der Waals surface area contributed by atoms with Gasteiger partial charge in [-0.05, 0) is 28.7 Å². The summed E-state index contributed by atoms with van der Waals surface area (Å²) in [5.41, 5.74) is 4.53. The monoisotopic (exact) mass is 480 g/mol. The van der Waals surface area contributed by atoms with Gasteiger partial charge in [-0.1, -0.05) is 48.5 Å². The van der Waals surface area contributed by atoms with Crippen LogP contribution in [0.1, 0.15) is 23.5 Å². The molecule has 1 aliphatic carbocycles. The Labute approximate surface area is 203 Å². The second kappa shape index (κ2) is 9.67. The van der Waals surface area contributed by atoms with Gasteiger partial charge in [-0.25, -0.2) is 4.79 Å². The molecule has 2 N–H and O–H groups in total. The Hall–Kier alpha value is -3.43.